The summed E-state index contributed by atoms with van der Waals surface area (Å²) in [6.45, 7) is 0.0718. The van der Waals surface area contributed by atoms with Gasteiger partial charge in [-0.3, -0.25) is 9.59 Å². The van der Waals surface area contributed by atoms with Crippen molar-refractivity contribution in [3.63, 3.8) is 0 Å². The van der Waals surface area contributed by atoms with Gasteiger partial charge in [-0.1, -0.05) is 60.7 Å². The van der Waals surface area contributed by atoms with Crippen LogP contribution in [-0.4, -0.2) is 30.0 Å². The molecule has 162 valence electrons. The first kappa shape index (κ1) is 23.5. The van der Waals surface area contributed by atoms with Gasteiger partial charge in [0.1, 0.15) is 18.7 Å². The molecule has 31 heavy (non-hydrogen) atoms. The molecule has 0 bridgehead atoms. The van der Waals surface area contributed by atoms with Gasteiger partial charge in [-0.05, 0) is 24.0 Å². The quantitative estimate of drug-likeness (QED) is 0.382. The molecule has 0 unspecified atom stereocenters. The fraction of sp³-hybridized carbons (Fsp3) is 0.292. The molecule has 0 aromatic heterocycles. The second kappa shape index (κ2) is 12.7. The summed E-state index contributed by atoms with van der Waals surface area (Å²) in [5.74, 6) is 1.31. The molecule has 2 aromatic rings. The number of carbonyl (C=O) groups excluding carboxylic acids is 3. The lowest BCUT2D eigenvalue weighted by Crippen LogP contribution is -2.53. The zero-order valence-electron chi connectivity index (χ0n) is 17.3. The number of unbranched alkanes of at least 4 members (excludes halogenated alkanes) is 1. The molecule has 0 fully saturated rings. The summed E-state index contributed by atoms with van der Waals surface area (Å²) in [6, 6.07) is 16.6. The SMILES string of the molecule is C#CCCC[C@H](NC(=O)[C@@H](Cc1ccccc1)NC(=O)OCc1ccccc1)C(N)=O. The highest BCUT2D eigenvalue weighted by Crippen LogP contribution is 2.07. The number of amides is 3. The average Bonchev–Trinajstić information content (AvgIpc) is 2.78. The van der Waals surface area contributed by atoms with Crippen LogP contribution in [0.5, 0.6) is 0 Å². The van der Waals surface area contributed by atoms with Crippen LogP contribution >= 0.6 is 0 Å². The summed E-state index contributed by atoms with van der Waals surface area (Å²) in [7, 11) is 0. The average molecular weight is 421 g/mol. The van der Waals surface area contributed by atoms with Crippen molar-refractivity contribution in [2.75, 3.05) is 0 Å². The maximum absolute atomic E-state index is 12.9. The predicted molar refractivity (Wildman–Crippen MR) is 118 cm³/mol. The second-order valence-corrected chi connectivity index (χ2v) is 7.01. The molecule has 0 heterocycles. The van der Waals surface area contributed by atoms with Crippen LogP contribution in [0, 0.1) is 12.3 Å². The van der Waals surface area contributed by atoms with Gasteiger partial charge < -0.3 is 21.1 Å². The Morgan fingerprint density at radius 1 is 0.935 bits per heavy atom. The molecule has 0 saturated carbocycles. The molecule has 2 rings (SSSR count). The van der Waals surface area contributed by atoms with Gasteiger partial charge in [0.2, 0.25) is 11.8 Å². The number of primary amides is 1. The number of hydrogen-bond acceptors (Lipinski definition) is 4. The van der Waals surface area contributed by atoms with Crippen LogP contribution in [0.4, 0.5) is 4.79 Å². The predicted octanol–water partition coefficient (Wildman–Crippen LogP) is 2.30. The zero-order valence-corrected chi connectivity index (χ0v) is 17.3. The summed E-state index contributed by atoms with van der Waals surface area (Å²) in [4.78, 5) is 36.9. The molecule has 0 saturated heterocycles. The number of rotatable bonds is 11. The van der Waals surface area contributed by atoms with Crippen LogP contribution in [-0.2, 0) is 27.4 Å². The van der Waals surface area contributed by atoms with E-state index < -0.39 is 30.0 Å². The monoisotopic (exact) mass is 421 g/mol. The normalized spacial score (nSPS) is 12.1. The Balaban J connectivity index is 2.04. The number of alkyl carbamates (subject to hydrolysis) is 1. The molecule has 0 aliphatic rings. The molecule has 7 nitrogen and oxygen atoms in total. The molecule has 0 spiro atoms. The molecular weight excluding hydrogens is 394 g/mol. The van der Waals surface area contributed by atoms with E-state index in [2.05, 4.69) is 16.6 Å². The number of terminal acetylenes is 1. The molecular formula is C24H27N3O4. The third-order valence-electron chi connectivity index (χ3n) is 4.58. The van der Waals surface area contributed by atoms with Crippen molar-refractivity contribution in [3.05, 3.63) is 71.8 Å². The molecule has 0 aliphatic carbocycles. The van der Waals surface area contributed by atoms with Crippen molar-refractivity contribution < 1.29 is 19.1 Å². The van der Waals surface area contributed by atoms with Crippen LogP contribution in [0.2, 0.25) is 0 Å². The van der Waals surface area contributed by atoms with E-state index in [-0.39, 0.29) is 13.0 Å². The highest BCUT2D eigenvalue weighted by atomic mass is 16.5. The summed E-state index contributed by atoms with van der Waals surface area (Å²) in [5.41, 5.74) is 7.08. The van der Waals surface area contributed by atoms with E-state index in [0.717, 1.165) is 11.1 Å². The maximum atomic E-state index is 12.9. The Morgan fingerprint density at radius 3 is 2.13 bits per heavy atom. The second-order valence-electron chi connectivity index (χ2n) is 7.01. The fourth-order valence-corrected chi connectivity index (χ4v) is 2.93. The van der Waals surface area contributed by atoms with Gasteiger partial charge >= 0.3 is 6.09 Å². The Kier molecular flexibility index (Phi) is 9.63. The maximum Gasteiger partial charge on any atom is 0.408 e. The minimum Gasteiger partial charge on any atom is -0.445 e. The van der Waals surface area contributed by atoms with Crippen LogP contribution in [0.3, 0.4) is 0 Å². The van der Waals surface area contributed by atoms with Gasteiger partial charge in [0, 0.05) is 12.8 Å². The Hall–Kier alpha value is -3.79. The summed E-state index contributed by atoms with van der Waals surface area (Å²) >= 11 is 0. The fourth-order valence-electron chi connectivity index (χ4n) is 2.93. The van der Waals surface area contributed by atoms with Crippen LogP contribution in [0.25, 0.3) is 0 Å². The Bertz CT molecular complexity index is 894. The highest BCUT2D eigenvalue weighted by molar-refractivity contribution is 5.90. The first-order valence-electron chi connectivity index (χ1n) is 10.0. The van der Waals surface area contributed by atoms with E-state index in [1.807, 2.05) is 60.7 Å². The Morgan fingerprint density at radius 2 is 1.55 bits per heavy atom. The van der Waals surface area contributed by atoms with Crippen LogP contribution < -0.4 is 16.4 Å². The summed E-state index contributed by atoms with van der Waals surface area (Å²) in [5, 5.41) is 5.21. The van der Waals surface area contributed by atoms with Crippen molar-refractivity contribution in [3.8, 4) is 12.3 Å². The van der Waals surface area contributed by atoms with E-state index in [0.29, 0.717) is 19.3 Å². The van der Waals surface area contributed by atoms with Crippen LogP contribution in [0.15, 0.2) is 60.7 Å². The van der Waals surface area contributed by atoms with Gasteiger partial charge in [-0.2, -0.15) is 0 Å². The van der Waals surface area contributed by atoms with E-state index in [1.54, 1.807) is 0 Å². The van der Waals surface area contributed by atoms with Crippen molar-refractivity contribution in [1.82, 2.24) is 10.6 Å². The molecule has 2 atom stereocenters. The molecule has 7 heteroatoms. The number of nitrogens with one attached hydrogen (secondary N) is 2. The first-order chi connectivity index (χ1) is 15.0. The van der Waals surface area contributed by atoms with Gasteiger partial charge in [-0.15, -0.1) is 12.3 Å². The van der Waals surface area contributed by atoms with Gasteiger partial charge in [0.15, 0.2) is 0 Å². The molecule has 3 amide bonds. The molecule has 0 radical (unpaired) electrons. The van der Waals surface area contributed by atoms with Crippen LogP contribution in [0.1, 0.15) is 30.4 Å². The smallest absolute Gasteiger partial charge is 0.408 e. The molecule has 4 N–H and O–H groups in total. The van der Waals surface area contributed by atoms with Gasteiger partial charge in [-0.25, -0.2) is 4.79 Å². The number of hydrogen-bond donors (Lipinski definition) is 3. The number of nitrogens with two attached hydrogens (primary N) is 1. The van der Waals surface area contributed by atoms with Gasteiger partial charge in [0.25, 0.3) is 0 Å². The summed E-state index contributed by atoms with van der Waals surface area (Å²) < 4.78 is 5.23. The number of benzene rings is 2. The molecule has 0 aliphatic heterocycles. The third kappa shape index (κ3) is 8.62. The van der Waals surface area contributed by atoms with Gasteiger partial charge in [0.05, 0.1) is 0 Å². The van der Waals surface area contributed by atoms with E-state index >= 15 is 0 Å². The van der Waals surface area contributed by atoms with E-state index in [1.165, 1.54) is 0 Å². The largest absolute Gasteiger partial charge is 0.445 e. The van der Waals surface area contributed by atoms with Crippen molar-refractivity contribution in [2.45, 2.75) is 44.4 Å². The minimum absolute atomic E-state index is 0.0718. The van der Waals surface area contributed by atoms with E-state index in [4.69, 9.17) is 16.9 Å². The van der Waals surface area contributed by atoms with Crippen molar-refractivity contribution >= 4 is 17.9 Å². The van der Waals surface area contributed by atoms with E-state index in [9.17, 15) is 14.4 Å². The lowest BCUT2D eigenvalue weighted by molar-refractivity contribution is -0.128. The lowest BCUT2D eigenvalue weighted by Gasteiger charge is -2.22. The number of ether oxygens (including phenoxy) is 1. The standard InChI is InChI=1S/C24H27N3O4/c1-2-3-6-15-20(22(25)28)26-23(29)21(16-18-11-7-4-8-12-18)27-24(30)31-17-19-13-9-5-10-14-19/h1,4-5,7-14,20-21H,3,6,15-17H2,(H2,25,28)(H,26,29)(H,27,30)/t20-,21+/m0/s1. The topological polar surface area (TPSA) is 111 Å². The van der Waals surface area contributed by atoms with Crippen molar-refractivity contribution in [2.24, 2.45) is 5.73 Å². The number of carbonyl (C=O) groups is 3. The summed E-state index contributed by atoms with van der Waals surface area (Å²) in [6.07, 6.45) is 6.06. The Labute approximate surface area is 182 Å². The minimum atomic E-state index is -0.944. The first-order valence-corrected chi connectivity index (χ1v) is 10.0. The molecule has 2 aromatic carbocycles. The zero-order chi connectivity index (χ0) is 22.5. The third-order valence-corrected chi connectivity index (χ3v) is 4.58. The highest BCUT2D eigenvalue weighted by Gasteiger charge is 2.26. The lowest BCUT2D eigenvalue weighted by atomic mass is 10.0. The van der Waals surface area contributed by atoms with Crippen molar-refractivity contribution in [1.29, 1.82) is 0 Å².